The molecule has 19 heavy (non-hydrogen) atoms. The van der Waals surface area contributed by atoms with E-state index in [1.54, 1.807) is 0 Å². The van der Waals surface area contributed by atoms with Crippen LogP contribution in [-0.4, -0.2) is 36.0 Å². The molecule has 4 nitrogen and oxygen atoms in total. The zero-order valence-electron chi connectivity index (χ0n) is 12.5. The number of aliphatic hydroxyl groups is 2. The van der Waals surface area contributed by atoms with Gasteiger partial charge in [-0.05, 0) is 13.3 Å². The lowest BCUT2D eigenvalue weighted by Crippen LogP contribution is -2.37. The molecule has 0 amide bonds. The van der Waals surface area contributed by atoms with E-state index in [1.807, 2.05) is 0 Å². The Morgan fingerprint density at radius 3 is 1.89 bits per heavy atom. The topological polar surface area (TPSA) is 66.8 Å². The van der Waals surface area contributed by atoms with Gasteiger partial charge >= 0.3 is 5.97 Å². The number of carbonyl (C=O) groups is 1. The monoisotopic (exact) mass is 274 g/mol. The van der Waals surface area contributed by atoms with Crippen molar-refractivity contribution in [3.05, 3.63) is 0 Å². The number of hydrogen-bond acceptors (Lipinski definition) is 4. The maximum Gasteiger partial charge on any atom is 0.316 e. The lowest BCUT2D eigenvalue weighted by molar-refractivity contribution is -0.160. The summed E-state index contributed by atoms with van der Waals surface area (Å²) >= 11 is 0. The predicted molar refractivity (Wildman–Crippen MR) is 75.8 cm³/mol. The molecule has 0 atom stereocenters. The van der Waals surface area contributed by atoms with Gasteiger partial charge in [0.25, 0.3) is 0 Å². The number of carbonyl (C=O) groups excluding carboxylic acids is 1. The molecule has 0 aromatic carbocycles. The average molecular weight is 274 g/mol. The van der Waals surface area contributed by atoms with Crippen LogP contribution >= 0.6 is 0 Å². The molecule has 0 saturated heterocycles. The highest BCUT2D eigenvalue weighted by Gasteiger charge is 2.33. The van der Waals surface area contributed by atoms with Crippen molar-refractivity contribution in [1.29, 1.82) is 0 Å². The highest BCUT2D eigenvalue weighted by atomic mass is 16.5. The first-order chi connectivity index (χ1) is 9.10. The highest BCUT2D eigenvalue weighted by Crippen LogP contribution is 2.17. The van der Waals surface area contributed by atoms with E-state index in [0.717, 1.165) is 12.8 Å². The number of hydrogen-bond donors (Lipinski definition) is 2. The summed E-state index contributed by atoms with van der Waals surface area (Å²) in [6, 6.07) is 0. The number of aliphatic hydroxyl groups excluding tert-OH is 2. The van der Waals surface area contributed by atoms with Crippen molar-refractivity contribution in [3.8, 4) is 0 Å². The lowest BCUT2D eigenvalue weighted by Gasteiger charge is -2.22. The summed E-state index contributed by atoms with van der Waals surface area (Å²) in [5.41, 5.74) is -1.17. The molecule has 0 spiro atoms. The summed E-state index contributed by atoms with van der Waals surface area (Å²) < 4.78 is 5.08. The fourth-order valence-electron chi connectivity index (χ4n) is 1.75. The summed E-state index contributed by atoms with van der Waals surface area (Å²) in [6.45, 7) is 3.31. The first-order valence-electron chi connectivity index (χ1n) is 7.49. The molecule has 114 valence electrons. The van der Waals surface area contributed by atoms with E-state index in [-0.39, 0.29) is 13.2 Å². The van der Waals surface area contributed by atoms with Gasteiger partial charge in [-0.15, -0.1) is 0 Å². The number of unbranched alkanes of at least 4 members (excludes halogenated alkanes) is 7. The third kappa shape index (κ3) is 8.22. The number of ether oxygens (including phenoxy) is 1. The maximum atomic E-state index is 11.6. The SMILES string of the molecule is CCCCCCCCCCOC(=O)C(C)(CO)CO. The van der Waals surface area contributed by atoms with E-state index in [4.69, 9.17) is 14.9 Å². The van der Waals surface area contributed by atoms with Gasteiger partial charge in [-0.2, -0.15) is 0 Å². The standard InChI is InChI=1S/C15H30O4/c1-3-4-5-6-7-8-9-10-11-19-14(18)15(2,12-16)13-17/h16-17H,3-13H2,1-2H3. The molecule has 0 aromatic heterocycles. The second kappa shape index (κ2) is 11.2. The summed E-state index contributed by atoms with van der Waals surface area (Å²) in [7, 11) is 0. The average Bonchev–Trinajstić information content (AvgIpc) is 2.44. The largest absolute Gasteiger partial charge is 0.465 e. The van der Waals surface area contributed by atoms with Gasteiger partial charge in [0.2, 0.25) is 0 Å². The maximum absolute atomic E-state index is 11.6. The first-order valence-corrected chi connectivity index (χ1v) is 7.49. The minimum Gasteiger partial charge on any atom is -0.465 e. The van der Waals surface area contributed by atoms with Crippen LogP contribution in [0.1, 0.15) is 65.2 Å². The van der Waals surface area contributed by atoms with Crippen LogP contribution < -0.4 is 0 Å². The van der Waals surface area contributed by atoms with Crippen molar-refractivity contribution in [3.63, 3.8) is 0 Å². The number of esters is 1. The van der Waals surface area contributed by atoms with Crippen LogP contribution in [0.25, 0.3) is 0 Å². The molecule has 4 heteroatoms. The highest BCUT2D eigenvalue weighted by molar-refractivity contribution is 5.76. The smallest absolute Gasteiger partial charge is 0.316 e. The molecule has 0 saturated carbocycles. The molecule has 0 aliphatic carbocycles. The second-order valence-electron chi connectivity index (χ2n) is 5.49. The van der Waals surface area contributed by atoms with E-state index in [2.05, 4.69) is 6.92 Å². The molecule has 0 aliphatic rings. The van der Waals surface area contributed by atoms with Gasteiger partial charge in [-0.25, -0.2) is 0 Å². The third-order valence-corrected chi connectivity index (χ3v) is 3.42. The fraction of sp³-hybridized carbons (Fsp3) is 0.933. The third-order valence-electron chi connectivity index (χ3n) is 3.42. The zero-order valence-corrected chi connectivity index (χ0v) is 12.5. The summed E-state index contributed by atoms with van der Waals surface area (Å²) in [5.74, 6) is -0.513. The van der Waals surface area contributed by atoms with Crippen LogP contribution in [0.3, 0.4) is 0 Å². The van der Waals surface area contributed by atoms with Gasteiger partial charge in [0.05, 0.1) is 19.8 Å². The predicted octanol–water partition coefficient (Wildman–Crippen LogP) is 2.66. The van der Waals surface area contributed by atoms with Crippen molar-refractivity contribution in [2.24, 2.45) is 5.41 Å². The van der Waals surface area contributed by atoms with Crippen LogP contribution in [0, 0.1) is 5.41 Å². The Balaban J connectivity index is 3.46. The van der Waals surface area contributed by atoms with Crippen molar-refractivity contribution >= 4 is 5.97 Å². The van der Waals surface area contributed by atoms with E-state index in [9.17, 15) is 4.79 Å². The van der Waals surface area contributed by atoms with Gasteiger partial charge in [-0.3, -0.25) is 4.79 Å². The van der Waals surface area contributed by atoms with Crippen LogP contribution in [0.5, 0.6) is 0 Å². The zero-order chi connectivity index (χ0) is 14.6. The van der Waals surface area contributed by atoms with E-state index < -0.39 is 11.4 Å². The summed E-state index contributed by atoms with van der Waals surface area (Å²) in [4.78, 5) is 11.6. The Kier molecular flexibility index (Phi) is 10.9. The Labute approximate surface area is 117 Å². The minimum absolute atomic E-state index is 0.378. The molecule has 0 fully saturated rings. The summed E-state index contributed by atoms with van der Waals surface area (Å²) in [5, 5.41) is 18.1. The van der Waals surface area contributed by atoms with Gasteiger partial charge in [0, 0.05) is 0 Å². The normalized spacial score (nSPS) is 11.6. The van der Waals surface area contributed by atoms with E-state index >= 15 is 0 Å². The van der Waals surface area contributed by atoms with Crippen LogP contribution in [-0.2, 0) is 9.53 Å². The molecular formula is C15H30O4. The second-order valence-corrected chi connectivity index (χ2v) is 5.49. The van der Waals surface area contributed by atoms with Crippen molar-refractivity contribution in [2.45, 2.75) is 65.2 Å². The Bertz CT molecular complexity index is 224. The Hall–Kier alpha value is -0.610. The van der Waals surface area contributed by atoms with Gasteiger partial charge in [0.1, 0.15) is 5.41 Å². The molecule has 0 heterocycles. The first kappa shape index (κ1) is 18.4. The van der Waals surface area contributed by atoms with Crippen LogP contribution in [0.2, 0.25) is 0 Å². The fourth-order valence-corrected chi connectivity index (χ4v) is 1.75. The lowest BCUT2D eigenvalue weighted by atomic mass is 9.93. The van der Waals surface area contributed by atoms with Crippen LogP contribution in [0.4, 0.5) is 0 Å². The Morgan fingerprint density at radius 1 is 0.947 bits per heavy atom. The molecular weight excluding hydrogens is 244 g/mol. The van der Waals surface area contributed by atoms with E-state index in [1.165, 1.54) is 45.4 Å². The summed E-state index contributed by atoms with van der Waals surface area (Å²) in [6.07, 6.45) is 9.54. The van der Waals surface area contributed by atoms with Gasteiger partial charge in [0.15, 0.2) is 0 Å². The molecule has 0 aromatic rings. The van der Waals surface area contributed by atoms with Crippen LogP contribution in [0.15, 0.2) is 0 Å². The number of rotatable bonds is 12. The van der Waals surface area contributed by atoms with Crippen molar-refractivity contribution in [1.82, 2.24) is 0 Å². The minimum atomic E-state index is -1.17. The molecule has 0 bridgehead atoms. The molecule has 0 aliphatic heterocycles. The van der Waals surface area contributed by atoms with Crippen molar-refractivity contribution < 1.29 is 19.7 Å². The molecule has 0 unspecified atom stereocenters. The molecule has 0 rings (SSSR count). The van der Waals surface area contributed by atoms with E-state index in [0.29, 0.717) is 6.61 Å². The van der Waals surface area contributed by atoms with Gasteiger partial charge in [-0.1, -0.05) is 51.9 Å². The van der Waals surface area contributed by atoms with Gasteiger partial charge < -0.3 is 14.9 Å². The molecule has 0 radical (unpaired) electrons. The van der Waals surface area contributed by atoms with Crippen molar-refractivity contribution in [2.75, 3.05) is 19.8 Å². The quantitative estimate of drug-likeness (QED) is 0.424. The Morgan fingerprint density at radius 2 is 1.42 bits per heavy atom. The molecule has 2 N–H and O–H groups in total.